The zero-order valence-corrected chi connectivity index (χ0v) is 15.2. The lowest BCUT2D eigenvalue weighted by Gasteiger charge is -2.20. The number of nitrogens with one attached hydrogen (secondary N) is 1. The molecule has 0 saturated carbocycles. The van der Waals surface area contributed by atoms with Gasteiger partial charge in [-0.25, -0.2) is 8.42 Å². The molecule has 1 aliphatic heterocycles. The Morgan fingerprint density at radius 2 is 2.08 bits per heavy atom. The number of thioether (sulfide) groups is 1. The maximum Gasteiger partial charge on any atom is 0.270 e. The molecule has 1 saturated heterocycles. The van der Waals surface area contributed by atoms with Crippen LogP contribution in [0.25, 0.3) is 0 Å². The summed E-state index contributed by atoms with van der Waals surface area (Å²) in [6.07, 6.45) is 0.850. The summed E-state index contributed by atoms with van der Waals surface area (Å²) in [7, 11) is -3.84. The maximum atomic E-state index is 12.8. The zero-order valence-electron chi connectivity index (χ0n) is 13.6. The average Bonchev–Trinajstić information content (AvgIpc) is 3.07. The second kappa shape index (κ2) is 7.95. The molecular weight excluding hydrogens is 352 g/mol. The summed E-state index contributed by atoms with van der Waals surface area (Å²) >= 11 is 1.76. The summed E-state index contributed by atoms with van der Waals surface area (Å²) in [5, 5.41) is 15.3. The van der Waals surface area contributed by atoms with Gasteiger partial charge in [0.2, 0.25) is 10.0 Å². The van der Waals surface area contributed by atoms with E-state index >= 15 is 0 Å². The number of hydrogen-bond acceptors (Lipinski definition) is 7. The van der Waals surface area contributed by atoms with Crippen molar-refractivity contribution >= 4 is 38.9 Å². The van der Waals surface area contributed by atoms with Crippen molar-refractivity contribution in [2.75, 3.05) is 30.0 Å². The van der Waals surface area contributed by atoms with Crippen LogP contribution in [0.4, 0.5) is 11.4 Å². The lowest BCUT2D eigenvalue weighted by atomic mass is 10.3. The molecule has 132 valence electrons. The highest BCUT2D eigenvalue weighted by molar-refractivity contribution is 8.00. The number of rotatable bonds is 7. The highest BCUT2D eigenvalue weighted by atomic mass is 32.2. The predicted molar refractivity (Wildman–Crippen MR) is 96.2 cm³/mol. The van der Waals surface area contributed by atoms with E-state index < -0.39 is 14.9 Å². The van der Waals surface area contributed by atoms with Gasteiger partial charge in [0.15, 0.2) is 0 Å². The Hall–Kier alpha value is -1.65. The van der Waals surface area contributed by atoms with Gasteiger partial charge >= 0.3 is 0 Å². The van der Waals surface area contributed by atoms with Crippen LogP contribution < -0.4 is 5.43 Å². The van der Waals surface area contributed by atoms with Crippen molar-refractivity contribution in [3.63, 3.8) is 0 Å². The molecule has 0 aromatic heterocycles. The quantitative estimate of drug-likeness (QED) is 0.582. The summed E-state index contributed by atoms with van der Waals surface area (Å²) in [5.74, 6) is 1.80. The number of hydrazone groups is 1. The van der Waals surface area contributed by atoms with Crippen LogP contribution in [0.2, 0.25) is 0 Å². The Morgan fingerprint density at radius 3 is 2.62 bits per heavy atom. The van der Waals surface area contributed by atoms with Crippen LogP contribution >= 0.6 is 11.8 Å². The van der Waals surface area contributed by atoms with Gasteiger partial charge in [-0.1, -0.05) is 13.8 Å². The molecule has 0 atom stereocenters. The number of hydrogen-bond donors (Lipinski definition) is 1. The van der Waals surface area contributed by atoms with Gasteiger partial charge in [-0.3, -0.25) is 15.5 Å². The number of nitro groups is 1. The molecule has 1 aliphatic rings. The monoisotopic (exact) mass is 372 g/mol. The highest BCUT2D eigenvalue weighted by Gasteiger charge is 2.27. The van der Waals surface area contributed by atoms with Crippen LogP contribution in [0.15, 0.2) is 28.2 Å². The minimum atomic E-state index is -3.84. The molecule has 0 bridgehead atoms. The minimum absolute atomic E-state index is 0.129. The Bertz CT molecular complexity index is 737. The van der Waals surface area contributed by atoms with Gasteiger partial charge in [0.1, 0.15) is 4.90 Å². The van der Waals surface area contributed by atoms with E-state index in [2.05, 4.69) is 10.5 Å². The zero-order chi connectivity index (χ0) is 17.7. The smallest absolute Gasteiger partial charge is 0.270 e. The number of nitro benzene ring substituents is 1. The first-order chi connectivity index (χ1) is 11.4. The SMILES string of the molecule is CCN(CC)S(=O)(=O)c1cc([N+](=O)[O-])ccc1N/N=C1\CCSC1. The van der Waals surface area contributed by atoms with Crippen LogP contribution in [0.3, 0.4) is 0 Å². The van der Waals surface area contributed by atoms with Crippen molar-refractivity contribution in [3.8, 4) is 0 Å². The molecule has 8 nitrogen and oxygen atoms in total. The summed E-state index contributed by atoms with van der Waals surface area (Å²) < 4.78 is 26.9. The Labute approximate surface area is 145 Å². The fourth-order valence-electron chi connectivity index (χ4n) is 2.31. The van der Waals surface area contributed by atoms with Crippen LogP contribution in [0.1, 0.15) is 20.3 Å². The van der Waals surface area contributed by atoms with Gasteiger partial charge in [-0.05, 0) is 18.2 Å². The molecule has 0 amide bonds. The molecule has 1 fully saturated rings. The van der Waals surface area contributed by atoms with E-state index in [9.17, 15) is 18.5 Å². The molecule has 1 aromatic rings. The van der Waals surface area contributed by atoms with Crippen LogP contribution in [-0.4, -0.2) is 48.0 Å². The number of benzene rings is 1. The first kappa shape index (κ1) is 18.7. The maximum absolute atomic E-state index is 12.8. The molecule has 10 heteroatoms. The van der Waals surface area contributed by atoms with Gasteiger partial charge in [-0.2, -0.15) is 21.2 Å². The number of anilines is 1. The average molecular weight is 372 g/mol. The van der Waals surface area contributed by atoms with Gasteiger partial charge in [0.25, 0.3) is 5.69 Å². The summed E-state index contributed by atoms with van der Waals surface area (Å²) in [6.45, 7) is 4.02. The molecule has 1 heterocycles. The molecule has 0 aliphatic carbocycles. The number of nitrogens with zero attached hydrogens (tertiary/aromatic N) is 3. The molecule has 0 radical (unpaired) electrons. The van der Waals surface area contributed by atoms with Crippen molar-refractivity contribution in [2.24, 2.45) is 5.10 Å². The van der Waals surface area contributed by atoms with E-state index in [1.165, 1.54) is 16.4 Å². The standard InChI is InChI=1S/C14H20N4O4S2/c1-3-17(4-2)24(21,22)14-9-12(18(19)20)5-6-13(14)16-15-11-7-8-23-10-11/h5-6,9,16H,3-4,7-8,10H2,1-2H3/b15-11+. The molecule has 1 N–H and O–H groups in total. The minimum Gasteiger partial charge on any atom is -0.277 e. The van der Waals surface area contributed by atoms with Crippen molar-refractivity contribution in [2.45, 2.75) is 25.2 Å². The van der Waals surface area contributed by atoms with Crippen LogP contribution in [0, 0.1) is 10.1 Å². The molecule has 0 unspecified atom stereocenters. The van der Waals surface area contributed by atoms with E-state index in [-0.39, 0.29) is 29.4 Å². The van der Waals surface area contributed by atoms with Crippen molar-refractivity contribution in [3.05, 3.63) is 28.3 Å². The first-order valence-electron chi connectivity index (χ1n) is 7.58. The topological polar surface area (TPSA) is 105 Å². The van der Waals surface area contributed by atoms with Gasteiger partial charge in [-0.15, -0.1) is 0 Å². The van der Waals surface area contributed by atoms with E-state index in [1.807, 2.05) is 0 Å². The predicted octanol–water partition coefficient (Wildman–Crippen LogP) is 2.53. The van der Waals surface area contributed by atoms with Crippen molar-refractivity contribution in [1.29, 1.82) is 0 Å². The largest absolute Gasteiger partial charge is 0.277 e. The van der Waals surface area contributed by atoms with Crippen molar-refractivity contribution < 1.29 is 13.3 Å². The second-order valence-corrected chi connectivity index (χ2v) is 8.13. The number of sulfonamides is 1. The Balaban J connectivity index is 2.46. The Morgan fingerprint density at radius 1 is 1.38 bits per heavy atom. The third-order valence-electron chi connectivity index (χ3n) is 3.64. The first-order valence-corrected chi connectivity index (χ1v) is 10.2. The van der Waals surface area contributed by atoms with Crippen LogP contribution in [-0.2, 0) is 10.0 Å². The van der Waals surface area contributed by atoms with E-state index in [0.29, 0.717) is 0 Å². The van der Waals surface area contributed by atoms with E-state index in [4.69, 9.17) is 0 Å². The fourth-order valence-corrected chi connectivity index (χ4v) is 4.90. The van der Waals surface area contributed by atoms with Gasteiger partial charge < -0.3 is 0 Å². The van der Waals surface area contributed by atoms with Gasteiger partial charge in [0, 0.05) is 36.7 Å². The number of non-ortho nitro benzene ring substituents is 1. The van der Waals surface area contributed by atoms with Gasteiger partial charge in [0.05, 0.1) is 10.6 Å². The highest BCUT2D eigenvalue weighted by Crippen LogP contribution is 2.29. The van der Waals surface area contributed by atoms with E-state index in [0.717, 1.165) is 29.7 Å². The molecule has 0 spiro atoms. The summed E-state index contributed by atoms with van der Waals surface area (Å²) in [4.78, 5) is 10.3. The van der Waals surface area contributed by atoms with E-state index in [1.54, 1.807) is 25.6 Å². The molecule has 1 aromatic carbocycles. The third kappa shape index (κ3) is 4.05. The normalized spacial score (nSPS) is 16.7. The lowest BCUT2D eigenvalue weighted by Crippen LogP contribution is -2.31. The molecule has 24 heavy (non-hydrogen) atoms. The Kier molecular flexibility index (Phi) is 6.19. The second-order valence-electron chi connectivity index (χ2n) is 5.12. The van der Waals surface area contributed by atoms with Crippen LogP contribution in [0.5, 0.6) is 0 Å². The lowest BCUT2D eigenvalue weighted by molar-refractivity contribution is -0.385. The molecule has 2 rings (SSSR count). The van der Waals surface area contributed by atoms with Crippen molar-refractivity contribution in [1.82, 2.24) is 4.31 Å². The molecular formula is C14H20N4O4S2. The fraction of sp³-hybridized carbons (Fsp3) is 0.500. The summed E-state index contributed by atoms with van der Waals surface area (Å²) in [5.41, 5.74) is 3.70. The summed E-state index contributed by atoms with van der Waals surface area (Å²) in [6, 6.07) is 3.74. The third-order valence-corrected chi connectivity index (χ3v) is 6.76.